The van der Waals surface area contributed by atoms with Gasteiger partial charge in [0, 0.05) is 6.54 Å². The predicted molar refractivity (Wildman–Crippen MR) is 68.1 cm³/mol. The number of hydrogen-bond acceptors (Lipinski definition) is 5. The SMILES string of the molecule is NCc1ccc(OCC(=O)NCc2ncn[nH]2)cc1. The minimum atomic E-state index is -0.223. The van der Waals surface area contributed by atoms with Crippen LogP contribution in [0.25, 0.3) is 0 Å². The number of hydrogen-bond donors (Lipinski definition) is 3. The molecule has 0 fully saturated rings. The Morgan fingerprint density at radius 2 is 2.16 bits per heavy atom. The molecule has 1 amide bonds. The van der Waals surface area contributed by atoms with Crippen molar-refractivity contribution in [1.29, 1.82) is 0 Å². The third kappa shape index (κ3) is 4.07. The van der Waals surface area contributed by atoms with Crippen LogP contribution in [0, 0.1) is 0 Å². The zero-order chi connectivity index (χ0) is 13.5. The Kier molecular flexibility index (Phi) is 4.46. The molecule has 0 atom stereocenters. The van der Waals surface area contributed by atoms with Gasteiger partial charge in [-0.2, -0.15) is 5.10 Å². The van der Waals surface area contributed by atoms with Gasteiger partial charge in [0.05, 0.1) is 6.54 Å². The molecule has 2 aromatic rings. The molecule has 0 unspecified atom stereocenters. The Hall–Kier alpha value is -2.41. The summed E-state index contributed by atoms with van der Waals surface area (Å²) in [5.74, 6) is 1.01. The Bertz CT molecular complexity index is 509. The maximum atomic E-state index is 11.5. The van der Waals surface area contributed by atoms with Crippen molar-refractivity contribution in [3.63, 3.8) is 0 Å². The smallest absolute Gasteiger partial charge is 0.258 e. The molecule has 0 saturated carbocycles. The summed E-state index contributed by atoms with van der Waals surface area (Å²) in [5, 5.41) is 8.99. The van der Waals surface area contributed by atoms with Crippen molar-refractivity contribution >= 4 is 5.91 Å². The van der Waals surface area contributed by atoms with Crippen LogP contribution in [0.2, 0.25) is 0 Å². The molecular formula is C12H15N5O2. The lowest BCUT2D eigenvalue weighted by Crippen LogP contribution is -2.28. The zero-order valence-electron chi connectivity index (χ0n) is 10.3. The largest absolute Gasteiger partial charge is 0.484 e. The molecule has 100 valence electrons. The maximum Gasteiger partial charge on any atom is 0.258 e. The highest BCUT2D eigenvalue weighted by Crippen LogP contribution is 2.11. The molecule has 0 radical (unpaired) electrons. The van der Waals surface area contributed by atoms with E-state index in [0.717, 1.165) is 5.56 Å². The molecule has 7 nitrogen and oxygen atoms in total. The topological polar surface area (TPSA) is 106 Å². The van der Waals surface area contributed by atoms with Crippen LogP contribution in [0.4, 0.5) is 0 Å². The van der Waals surface area contributed by atoms with E-state index in [4.69, 9.17) is 10.5 Å². The fraction of sp³-hybridized carbons (Fsp3) is 0.250. The van der Waals surface area contributed by atoms with Gasteiger partial charge in [-0.15, -0.1) is 0 Å². The van der Waals surface area contributed by atoms with E-state index >= 15 is 0 Å². The van der Waals surface area contributed by atoms with Crippen molar-refractivity contribution in [2.24, 2.45) is 5.73 Å². The van der Waals surface area contributed by atoms with Crippen molar-refractivity contribution in [3.8, 4) is 5.75 Å². The average molecular weight is 261 g/mol. The van der Waals surface area contributed by atoms with E-state index in [0.29, 0.717) is 24.7 Å². The number of ether oxygens (including phenoxy) is 1. The van der Waals surface area contributed by atoms with E-state index in [1.807, 2.05) is 12.1 Å². The summed E-state index contributed by atoms with van der Waals surface area (Å²) in [5.41, 5.74) is 6.50. The van der Waals surface area contributed by atoms with Gasteiger partial charge < -0.3 is 15.8 Å². The number of nitrogens with zero attached hydrogens (tertiary/aromatic N) is 2. The minimum absolute atomic E-state index is 0.0455. The van der Waals surface area contributed by atoms with E-state index < -0.39 is 0 Å². The summed E-state index contributed by atoms with van der Waals surface area (Å²) < 4.78 is 5.34. The molecule has 0 saturated heterocycles. The predicted octanol–water partition coefficient (Wildman–Crippen LogP) is -0.0414. The number of nitrogens with two attached hydrogens (primary N) is 1. The Morgan fingerprint density at radius 3 is 2.79 bits per heavy atom. The van der Waals surface area contributed by atoms with Crippen LogP contribution in [0.3, 0.4) is 0 Å². The number of nitrogens with one attached hydrogen (secondary N) is 2. The zero-order valence-corrected chi connectivity index (χ0v) is 10.3. The number of aromatic nitrogens is 3. The highest BCUT2D eigenvalue weighted by atomic mass is 16.5. The van der Waals surface area contributed by atoms with Crippen molar-refractivity contribution in [2.75, 3.05) is 6.61 Å². The number of carbonyl (C=O) groups excluding carboxylic acids is 1. The lowest BCUT2D eigenvalue weighted by atomic mass is 10.2. The Morgan fingerprint density at radius 1 is 1.37 bits per heavy atom. The third-order valence-corrected chi connectivity index (χ3v) is 2.45. The van der Waals surface area contributed by atoms with Crippen LogP contribution in [-0.4, -0.2) is 27.7 Å². The number of aromatic amines is 1. The number of benzene rings is 1. The molecule has 19 heavy (non-hydrogen) atoms. The van der Waals surface area contributed by atoms with Gasteiger partial charge in [0.1, 0.15) is 17.9 Å². The van der Waals surface area contributed by atoms with E-state index in [2.05, 4.69) is 20.5 Å². The van der Waals surface area contributed by atoms with Crippen LogP contribution in [0.15, 0.2) is 30.6 Å². The average Bonchev–Trinajstić information content (AvgIpc) is 2.96. The first kappa shape index (κ1) is 13.0. The molecule has 2 rings (SSSR count). The van der Waals surface area contributed by atoms with Crippen LogP contribution in [-0.2, 0) is 17.9 Å². The second kappa shape index (κ2) is 6.50. The van der Waals surface area contributed by atoms with Crippen molar-refractivity contribution in [3.05, 3.63) is 42.0 Å². The van der Waals surface area contributed by atoms with E-state index in [-0.39, 0.29) is 12.5 Å². The van der Waals surface area contributed by atoms with E-state index in [1.165, 1.54) is 6.33 Å². The van der Waals surface area contributed by atoms with Gasteiger partial charge in [0.2, 0.25) is 0 Å². The van der Waals surface area contributed by atoms with Gasteiger partial charge in [0.15, 0.2) is 6.61 Å². The van der Waals surface area contributed by atoms with E-state index in [9.17, 15) is 4.79 Å². The molecule has 1 heterocycles. The first-order valence-electron chi connectivity index (χ1n) is 5.80. The molecule has 1 aromatic carbocycles. The number of amides is 1. The van der Waals surface area contributed by atoms with Gasteiger partial charge in [-0.3, -0.25) is 9.89 Å². The van der Waals surface area contributed by atoms with Gasteiger partial charge >= 0.3 is 0 Å². The highest BCUT2D eigenvalue weighted by molar-refractivity contribution is 5.77. The summed E-state index contributed by atoms with van der Waals surface area (Å²) in [4.78, 5) is 15.4. The van der Waals surface area contributed by atoms with Crippen LogP contribution in [0.5, 0.6) is 5.75 Å². The van der Waals surface area contributed by atoms with Gasteiger partial charge in [-0.1, -0.05) is 12.1 Å². The quantitative estimate of drug-likeness (QED) is 0.676. The first-order valence-corrected chi connectivity index (χ1v) is 5.80. The second-order valence-electron chi connectivity index (χ2n) is 3.85. The monoisotopic (exact) mass is 261 g/mol. The van der Waals surface area contributed by atoms with E-state index in [1.54, 1.807) is 12.1 Å². The fourth-order valence-electron chi connectivity index (χ4n) is 1.42. The first-order chi connectivity index (χ1) is 9.28. The number of carbonyl (C=O) groups is 1. The summed E-state index contributed by atoms with van der Waals surface area (Å²) in [7, 11) is 0. The lowest BCUT2D eigenvalue weighted by Gasteiger charge is -2.07. The van der Waals surface area contributed by atoms with Crippen LogP contribution in [0.1, 0.15) is 11.4 Å². The summed E-state index contributed by atoms with van der Waals surface area (Å²) in [6.07, 6.45) is 1.39. The van der Waals surface area contributed by atoms with Gasteiger partial charge in [-0.05, 0) is 17.7 Å². The molecule has 1 aromatic heterocycles. The molecule has 7 heteroatoms. The Balaban J connectivity index is 1.73. The fourth-order valence-corrected chi connectivity index (χ4v) is 1.42. The molecule has 0 aliphatic carbocycles. The Labute approximate surface area is 110 Å². The lowest BCUT2D eigenvalue weighted by molar-refractivity contribution is -0.123. The van der Waals surface area contributed by atoms with Crippen molar-refractivity contribution < 1.29 is 9.53 Å². The normalized spacial score (nSPS) is 10.2. The molecular weight excluding hydrogens is 246 g/mol. The summed E-state index contributed by atoms with van der Waals surface area (Å²) in [6, 6.07) is 7.29. The van der Waals surface area contributed by atoms with Gasteiger partial charge in [-0.25, -0.2) is 4.98 Å². The maximum absolute atomic E-state index is 11.5. The van der Waals surface area contributed by atoms with Crippen molar-refractivity contribution in [2.45, 2.75) is 13.1 Å². The highest BCUT2D eigenvalue weighted by Gasteiger charge is 2.04. The standard InChI is InChI=1S/C12H15N5O2/c13-5-9-1-3-10(4-2-9)19-7-12(18)14-6-11-15-8-16-17-11/h1-4,8H,5-7,13H2,(H,14,18)(H,15,16,17). The molecule has 0 spiro atoms. The van der Waals surface area contributed by atoms with Gasteiger partial charge in [0.25, 0.3) is 5.91 Å². The second-order valence-corrected chi connectivity index (χ2v) is 3.85. The van der Waals surface area contributed by atoms with Crippen LogP contribution < -0.4 is 15.8 Å². The molecule has 0 aliphatic heterocycles. The van der Waals surface area contributed by atoms with Crippen LogP contribution >= 0.6 is 0 Å². The summed E-state index contributed by atoms with van der Waals surface area (Å²) in [6.45, 7) is 0.738. The third-order valence-electron chi connectivity index (χ3n) is 2.45. The molecule has 0 aliphatic rings. The minimum Gasteiger partial charge on any atom is -0.484 e. The molecule has 0 bridgehead atoms. The van der Waals surface area contributed by atoms with Crippen molar-refractivity contribution in [1.82, 2.24) is 20.5 Å². The number of rotatable bonds is 6. The number of H-pyrrole nitrogens is 1. The summed E-state index contributed by atoms with van der Waals surface area (Å²) >= 11 is 0. The molecule has 4 N–H and O–H groups in total.